The van der Waals surface area contributed by atoms with Crippen LogP contribution in [-0.4, -0.2) is 25.7 Å². The summed E-state index contributed by atoms with van der Waals surface area (Å²) >= 11 is 0. The Morgan fingerprint density at radius 1 is 1.03 bits per heavy atom. The monoisotopic (exact) mass is 399 g/mol. The Kier molecular flexibility index (Phi) is 4.83. The molecular weight excluding hydrogens is 374 g/mol. The van der Waals surface area contributed by atoms with E-state index in [0.29, 0.717) is 11.8 Å². The van der Waals surface area contributed by atoms with Crippen LogP contribution in [0.3, 0.4) is 0 Å². The molecule has 2 heterocycles. The van der Waals surface area contributed by atoms with Crippen molar-refractivity contribution in [2.45, 2.75) is 51.2 Å². The number of pyridine rings is 1. The van der Waals surface area contributed by atoms with E-state index in [9.17, 15) is 9.90 Å². The second-order valence-electron chi connectivity index (χ2n) is 8.34. The van der Waals surface area contributed by atoms with Crippen LogP contribution in [0.4, 0.5) is 0 Å². The molecule has 1 fully saturated rings. The number of aromatic nitrogens is 3. The highest BCUT2D eigenvalue weighted by Crippen LogP contribution is 2.30. The average molecular weight is 399 g/mol. The van der Waals surface area contributed by atoms with Gasteiger partial charge >= 0.3 is 0 Å². The Bertz CT molecular complexity index is 1280. The fourth-order valence-corrected chi connectivity index (χ4v) is 4.67. The summed E-state index contributed by atoms with van der Waals surface area (Å²) in [6.07, 6.45) is 7.30. The number of aryl methyl sites for hydroxylation is 1. The number of nitrogens with zero attached hydrogens (tertiary/aromatic N) is 3. The Balaban J connectivity index is 1.70. The van der Waals surface area contributed by atoms with Crippen LogP contribution in [0.15, 0.2) is 59.8 Å². The zero-order valence-corrected chi connectivity index (χ0v) is 17.1. The van der Waals surface area contributed by atoms with Gasteiger partial charge in [-0.1, -0.05) is 43.2 Å². The van der Waals surface area contributed by atoms with Gasteiger partial charge in [-0.15, -0.1) is 0 Å². The summed E-state index contributed by atoms with van der Waals surface area (Å²) in [5.74, 6) is 0. The van der Waals surface area contributed by atoms with Gasteiger partial charge in [0.25, 0.3) is 5.56 Å². The Morgan fingerprint density at radius 3 is 2.60 bits per heavy atom. The molecule has 0 bridgehead atoms. The lowest BCUT2D eigenvalue weighted by molar-refractivity contribution is 0.0735. The first-order valence-corrected chi connectivity index (χ1v) is 10.6. The molecule has 4 aromatic rings. The average Bonchev–Trinajstić information content (AvgIpc) is 2.77. The third kappa shape index (κ3) is 3.29. The van der Waals surface area contributed by atoms with E-state index in [0.717, 1.165) is 58.8 Å². The van der Waals surface area contributed by atoms with Gasteiger partial charge in [-0.3, -0.25) is 14.3 Å². The van der Waals surface area contributed by atoms with Gasteiger partial charge in [-0.2, -0.15) is 0 Å². The molecule has 0 aliphatic heterocycles. The fraction of sp³-hybridized carbons (Fsp3) is 0.320. The van der Waals surface area contributed by atoms with Gasteiger partial charge in [0.1, 0.15) is 0 Å². The molecule has 2 aromatic heterocycles. The van der Waals surface area contributed by atoms with Crippen molar-refractivity contribution < 1.29 is 5.11 Å². The first-order valence-electron chi connectivity index (χ1n) is 10.6. The number of hydrogen-bond donors (Lipinski definition) is 1. The highest BCUT2D eigenvalue weighted by molar-refractivity contribution is 6.06. The molecular formula is C25H25N3O2. The molecule has 5 rings (SSSR count). The van der Waals surface area contributed by atoms with Crippen LogP contribution >= 0.6 is 0 Å². The van der Waals surface area contributed by atoms with Crippen molar-refractivity contribution in [3.05, 3.63) is 82.2 Å². The Morgan fingerprint density at radius 2 is 1.83 bits per heavy atom. The van der Waals surface area contributed by atoms with Crippen LogP contribution in [0.1, 0.15) is 48.5 Å². The molecule has 1 aliphatic rings. The van der Waals surface area contributed by atoms with Crippen molar-refractivity contribution in [3.63, 3.8) is 0 Å². The van der Waals surface area contributed by atoms with Gasteiger partial charge in [-0.25, -0.2) is 4.98 Å². The molecule has 2 unspecified atom stereocenters. The Hall–Kier alpha value is -3.05. The second-order valence-corrected chi connectivity index (χ2v) is 8.34. The zero-order chi connectivity index (χ0) is 20.7. The highest BCUT2D eigenvalue weighted by atomic mass is 16.3. The van der Waals surface area contributed by atoms with Gasteiger partial charge in [0, 0.05) is 17.3 Å². The lowest BCUT2D eigenvalue weighted by Gasteiger charge is -2.29. The molecule has 30 heavy (non-hydrogen) atoms. The maximum atomic E-state index is 13.5. The van der Waals surface area contributed by atoms with Gasteiger partial charge < -0.3 is 5.11 Å². The lowest BCUT2D eigenvalue weighted by Crippen LogP contribution is -2.34. The van der Waals surface area contributed by atoms with Gasteiger partial charge in [0.05, 0.1) is 29.4 Å². The molecule has 1 N–H and O–H groups in total. The van der Waals surface area contributed by atoms with E-state index >= 15 is 0 Å². The van der Waals surface area contributed by atoms with Crippen molar-refractivity contribution >= 4 is 21.7 Å². The van der Waals surface area contributed by atoms with Crippen LogP contribution in [0.25, 0.3) is 21.7 Å². The molecule has 1 aliphatic carbocycles. The molecule has 1 saturated carbocycles. The molecule has 2 aromatic carbocycles. The van der Waals surface area contributed by atoms with E-state index in [2.05, 4.69) is 22.1 Å². The van der Waals surface area contributed by atoms with E-state index in [1.807, 2.05) is 43.5 Å². The Labute approximate surface area is 175 Å². The molecule has 5 nitrogen and oxygen atoms in total. The quantitative estimate of drug-likeness (QED) is 0.521. The van der Waals surface area contributed by atoms with Gasteiger partial charge in [0.2, 0.25) is 0 Å². The summed E-state index contributed by atoms with van der Waals surface area (Å²) in [5.41, 5.74) is 3.84. The molecule has 2 atom stereocenters. The lowest BCUT2D eigenvalue weighted by atomic mass is 9.92. The second kappa shape index (κ2) is 7.65. The fourth-order valence-electron chi connectivity index (χ4n) is 4.67. The van der Waals surface area contributed by atoms with Crippen molar-refractivity contribution in [1.29, 1.82) is 0 Å². The molecule has 0 saturated heterocycles. The summed E-state index contributed by atoms with van der Waals surface area (Å²) in [4.78, 5) is 22.6. The largest absolute Gasteiger partial charge is 0.391 e. The number of hydrogen-bond acceptors (Lipinski definition) is 4. The van der Waals surface area contributed by atoms with Crippen LogP contribution in [0.2, 0.25) is 0 Å². The third-order valence-electron chi connectivity index (χ3n) is 6.30. The highest BCUT2D eigenvalue weighted by Gasteiger charge is 2.26. The van der Waals surface area contributed by atoms with E-state index in [4.69, 9.17) is 0 Å². The topological polar surface area (TPSA) is 68.0 Å². The number of aliphatic hydroxyl groups excluding tert-OH is 1. The van der Waals surface area contributed by atoms with Crippen molar-refractivity contribution in [3.8, 4) is 0 Å². The summed E-state index contributed by atoms with van der Waals surface area (Å²) in [6.45, 7) is 1.98. The molecule has 152 valence electrons. The molecule has 0 radical (unpaired) electrons. The minimum Gasteiger partial charge on any atom is -0.391 e. The minimum absolute atomic E-state index is 0.0695. The van der Waals surface area contributed by atoms with Crippen LogP contribution < -0.4 is 5.56 Å². The predicted octanol–water partition coefficient (Wildman–Crippen LogP) is 4.32. The van der Waals surface area contributed by atoms with E-state index < -0.39 is 6.10 Å². The van der Waals surface area contributed by atoms with Gasteiger partial charge in [0.15, 0.2) is 0 Å². The normalized spacial score (nSPS) is 19.4. The summed E-state index contributed by atoms with van der Waals surface area (Å²) in [5, 5.41) is 13.2. The smallest absolute Gasteiger partial charge is 0.261 e. The maximum absolute atomic E-state index is 13.5. The van der Waals surface area contributed by atoms with E-state index in [1.165, 1.54) is 0 Å². The number of fused-ring (bicyclic) bond motifs is 3. The zero-order valence-electron chi connectivity index (χ0n) is 17.1. The van der Waals surface area contributed by atoms with Crippen LogP contribution in [0.5, 0.6) is 0 Å². The van der Waals surface area contributed by atoms with Crippen molar-refractivity contribution in [2.75, 3.05) is 0 Å². The SMILES string of the molecule is Cc1ccc(Cc2cc3c(=O)n(C4CCCCC4O)cnc3c3ccccc23)cn1. The summed E-state index contributed by atoms with van der Waals surface area (Å²) in [6, 6.07) is 14.0. The number of benzene rings is 2. The number of rotatable bonds is 3. The minimum atomic E-state index is -0.491. The predicted molar refractivity (Wildman–Crippen MR) is 119 cm³/mol. The van der Waals surface area contributed by atoms with E-state index in [-0.39, 0.29) is 11.6 Å². The van der Waals surface area contributed by atoms with E-state index in [1.54, 1.807) is 10.9 Å². The summed E-state index contributed by atoms with van der Waals surface area (Å²) in [7, 11) is 0. The first kappa shape index (κ1) is 18.9. The van der Waals surface area contributed by atoms with Crippen LogP contribution in [0, 0.1) is 6.92 Å². The maximum Gasteiger partial charge on any atom is 0.261 e. The first-order chi connectivity index (χ1) is 14.6. The summed E-state index contributed by atoms with van der Waals surface area (Å²) < 4.78 is 1.65. The molecule has 0 spiro atoms. The molecule has 5 heteroatoms. The van der Waals surface area contributed by atoms with Gasteiger partial charge in [-0.05, 0) is 54.8 Å². The standard InChI is InChI=1S/C25H25N3O2/c1-16-10-11-17(14-26-16)12-18-13-21-24(20-7-3-2-6-19(18)20)27-15-28(25(21)30)22-8-4-5-9-23(22)29/h2-3,6-7,10-11,13-15,22-23,29H,4-5,8-9,12H2,1H3. The van der Waals surface area contributed by atoms with Crippen molar-refractivity contribution in [1.82, 2.24) is 14.5 Å². The third-order valence-corrected chi connectivity index (χ3v) is 6.30. The number of aliphatic hydroxyl groups is 1. The van der Waals surface area contributed by atoms with Crippen molar-refractivity contribution in [2.24, 2.45) is 0 Å². The van der Waals surface area contributed by atoms with Crippen LogP contribution in [-0.2, 0) is 6.42 Å². The molecule has 0 amide bonds.